The van der Waals surface area contributed by atoms with Gasteiger partial charge in [-0.15, -0.1) is 10.2 Å². The zero-order valence-electron chi connectivity index (χ0n) is 14.1. The molecule has 24 heavy (non-hydrogen) atoms. The number of aromatic nitrogens is 3. The first kappa shape index (κ1) is 16.8. The lowest BCUT2D eigenvalue weighted by atomic mass is 10.2. The third-order valence-electron chi connectivity index (χ3n) is 4.16. The van der Waals surface area contributed by atoms with E-state index in [1.807, 2.05) is 40.8 Å². The van der Waals surface area contributed by atoms with Gasteiger partial charge < -0.3 is 14.2 Å². The first-order valence-corrected chi connectivity index (χ1v) is 9.12. The highest BCUT2D eigenvalue weighted by atomic mass is 32.2. The molecule has 1 saturated heterocycles. The average molecular weight is 346 g/mol. The molecule has 0 unspecified atom stereocenters. The van der Waals surface area contributed by atoms with Crippen LogP contribution in [-0.4, -0.2) is 51.5 Å². The Morgan fingerprint density at radius 1 is 1.29 bits per heavy atom. The van der Waals surface area contributed by atoms with E-state index in [4.69, 9.17) is 4.74 Å². The first-order chi connectivity index (χ1) is 11.7. The van der Waals surface area contributed by atoms with Crippen molar-refractivity contribution >= 4 is 17.7 Å². The molecule has 128 valence electrons. The van der Waals surface area contributed by atoms with Crippen molar-refractivity contribution in [2.45, 2.75) is 24.4 Å². The molecule has 7 heteroatoms. The number of para-hydroxylation sites is 1. The van der Waals surface area contributed by atoms with Crippen LogP contribution in [0, 0.1) is 0 Å². The average Bonchev–Trinajstić information content (AvgIpc) is 3.17. The predicted molar refractivity (Wildman–Crippen MR) is 94.1 cm³/mol. The van der Waals surface area contributed by atoms with E-state index in [2.05, 4.69) is 10.2 Å². The summed E-state index contributed by atoms with van der Waals surface area (Å²) in [7, 11) is 3.62. The molecule has 1 aliphatic heterocycles. The van der Waals surface area contributed by atoms with E-state index in [1.54, 1.807) is 18.9 Å². The smallest absolute Gasteiger partial charge is 0.222 e. The molecule has 0 N–H and O–H groups in total. The van der Waals surface area contributed by atoms with Gasteiger partial charge in [0.25, 0.3) is 0 Å². The number of amides is 1. The second-order valence-corrected chi connectivity index (χ2v) is 6.81. The molecule has 0 spiro atoms. The van der Waals surface area contributed by atoms with Gasteiger partial charge in [-0.05, 0) is 25.0 Å². The van der Waals surface area contributed by atoms with Crippen molar-refractivity contribution in [1.82, 2.24) is 19.7 Å². The second kappa shape index (κ2) is 7.70. The summed E-state index contributed by atoms with van der Waals surface area (Å²) < 4.78 is 7.39. The Labute approximate surface area is 146 Å². The van der Waals surface area contributed by atoms with Crippen LogP contribution in [0.4, 0.5) is 0 Å². The molecule has 0 bridgehead atoms. The van der Waals surface area contributed by atoms with Gasteiger partial charge in [-0.3, -0.25) is 4.79 Å². The van der Waals surface area contributed by atoms with Crippen LogP contribution < -0.4 is 4.74 Å². The quantitative estimate of drug-likeness (QED) is 0.570. The van der Waals surface area contributed by atoms with E-state index in [0.717, 1.165) is 54.0 Å². The number of ether oxygens (including phenoxy) is 1. The number of likely N-dealkylation sites (tertiary alicyclic amines) is 1. The van der Waals surface area contributed by atoms with Gasteiger partial charge in [0.1, 0.15) is 5.75 Å². The fraction of sp³-hybridized carbons (Fsp3) is 0.471. The number of rotatable bonds is 7. The first-order valence-electron chi connectivity index (χ1n) is 8.14. The third-order valence-corrected chi connectivity index (χ3v) is 5.26. The Bertz CT molecular complexity index is 716. The Hall–Kier alpha value is -2.02. The van der Waals surface area contributed by atoms with Crippen molar-refractivity contribution in [2.24, 2.45) is 7.05 Å². The molecule has 0 saturated carbocycles. The summed E-state index contributed by atoms with van der Waals surface area (Å²) in [6.45, 7) is 1.74. The summed E-state index contributed by atoms with van der Waals surface area (Å²) in [6.07, 6.45) is 2.67. The van der Waals surface area contributed by atoms with Gasteiger partial charge in [0, 0.05) is 32.3 Å². The molecule has 6 nitrogen and oxygen atoms in total. The van der Waals surface area contributed by atoms with Crippen molar-refractivity contribution < 1.29 is 9.53 Å². The fourth-order valence-corrected chi connectivity index (χ4v) is 3.70. The lowest BCUT2D eigenvalue weighted by Crippen LogP contribution is -2.25. The van der Waals surface area contributed by atoms with Gasteiger partial charge >= 0.3 is 0 Å². The zero-order chi connectivity index (χ0) is 16.9. The lowest BCUT2D eigenvalue weighted by molar-refractivity contribution is -0.127. The SMILES string of the molecule is COc1ccccc1-c1nnc(SCCCN2CCCC2=O)n1C. The molecule has 2 aromatic rings. The van der Waals surface area contributed by atoms with E-state index in [1.165, 1.54) is 0 Å². The zero-order valence-corrected chi connectivity index (χ0v) is 14.9. The highest BCUT2D eigenvalue weighted by Gasteiger charge is 2.19. The summed E-state index contributed by atoms with van der Waals surface area (Å²) in [6, 6.07) is 7.81. The van der Waals surface area contributed by atoms with E-state index < -0.39 is 0 Å². The molecule has 1 amide bonds. The van der Waals surface area contributed by atoms with Crippen molar-refractivity contribution in [3.05, 3.63) is 24.3 Å². The molecule has 0 aliphatic carbocycles. The number of carbonyl (C=O) groups excluding carboxylic acids is 1. The van der Waals surface area contributed by atoms with Gasteiger partial charge in [0.05, 0.1) is 12.7 Å². The molecule has 1 aliphatic rings. The maximum absolute atomic E-state index is 11.6. The summed E-state index contributed by atoms with van der Waals surface area (Å²) in [5.74, 6) is 2.79. The highest BCUT2D eigenvalue weighted by molar-refractivity contribution is 7.99. The summed E-state index contributed by atoms with van der Waals surface area (Å²) in [5.41, 5.74) is 0.935. The lowest BCUT2D eigenvalue weighted by Gasteiger charge is -2.14. The van der Waals surface area contributed by atoms with Gasteiger partial charge in [-0.25, -0.2) is 0 Å². The van der Waals surface area contributed by atoms with E-state index in [0.29, 0.717) is 6.42 Å². The van der Waals surface area contributed by atoms with E-state index in [9.17, 15) is 4.79 Å². The van der Waals surface area contributed by atoms with E-state index in [-0.39, 0.29) is 5.91 Å². The molecule has 0 radical (unpaired) electrons. The third kappa shape index (κ3) is 3.56. The van der Waals surface area contributed by atoms with Crippen LogP contribution in [0.5, 0.6) is 5.75 Å². The van der Waals surface area contributed by atoms with Crippen LogP contribution in [-0.2, 0) is 11.8 Å². The molecule has 1 aromatic carbocycles. The number of carbonyl (C=O) groups is 1. The Morgan fingerprint density at radius 3 is 2.88 bits per heavy atom. The van der Waals surface area contributed by atoms with Crippen LogP contribution >= 0.6 is 11.8 Å². The molecule has 2 heterocycles. The molecule has 1 aromatic heterocycles. The maximum atomic E-state index is 11.6. The number of methoxy groups -OCH3 is 1. The van der Waals surface area contributed by atoms with E-state index >= 15 is 0 Å². The van der Waals surface area contributed by atoms with Crippen molar-refractivity contribution in [3.8, 4) is 17.1 Å². The number of thioether (sulfide) groups is 1. The number of benzene rings is 1. The van der Waals surface area contributed by atoms with Gasteiger partial charge in [-0.1, -0.05) is 23.9 Å². The summed E-state index contributed by atoms with van der Waals surface area (Å²) in [5, 5.41) is 9.48. The largest absolute Gasteiger partial charge is 0.496 e. The minimum atomic E-state index is 0.289. The molecular weight excluding hydrogens is 324 g/mol. The number of hydrogen-bond acceptors (Lipinski definition) is 5. The minimum absolute atomic E-state index is 0.289. The minimum Gasteiger partial charge on any atom is -0.496 e. The summed E-state index contributed by atoms with van der Waals surface area (Å²) in [4.78, 5) is 13.5. The van der Waals surface area contributed by atoms with Crippen molar-refractivity contribution in [1.29, 1.82) is 0 Å². The Balaban J connectivity index is 1.60. The molecule has 1 fully saturated rings. The highest BCUT2D eigenvalue weighted by Crippen LogP contribution is 2.30. The van der Waals surface area contributed by atoms with Gasteiger partial charge in [0.2, 0.25) is 5.91 Å². The van der Waals surface area contributed by atoms with Gasteiger partial charge in [0.15, 0.2) is 11.0 Å². The van der Waals surface area contributed by atoms with Crippen molar-refractivity contribution in [3.63, 3.8) is 0 Å². The second-order valence-electron chi connectivity index (χ2n) is 5.75. The van der Waals surface area contributed by atoms with Crippen LogP contribution in [0.15, 0.2) is 29.4 Å². The monoisotopic (exact) mass is 346 g/mol. The standard InChI is InChI=1S/C17H22N4O2S/c1-20-16(13-7-3-4-8-14(13)23-2)18-19-17(20)24-12-6-11-21-10-5-9-15(21)22/h3-4,7-8H,5-6,9-12H2,1-2H3. The number of hydrogen-bond donors (Lipinski definition) is 0. The van der Waals surface area contributed by atoms with Crippen LogP contribution in [0.25, 0.3) is 11.4 Å². The fourth-order valence-electron chi connectivity index (χ4n) is 2.86. The molecule has 3 rings (SSSR count). The van der Waals surface area contributed by atoms with Crippen molar-refractivity contribution in [2.75, 3.05) is 26.0 Å². The van der Waals surface area contributed by atoms with Crippen LogP contribution in [0.3, 0.4) is 0 Å². The molecular formula is C17H22N4O2S. The topological polar surface area (TPSA) is 60.3 Å². The Morgan fingerprint density at radius 2 is 2.12 bits per heavy atom. The van der Waals surface area contributed by atoms with Crippen LogP contribution in [0.1, 0.15) is 19.3 Å². The predicted octanol–water partition coefficient (Wildman–Crippen LogP) is 2.60. The van der Waals surface area contributed by atoms with Crippen LogP contribution in [0.2, 0.25) is 0 Å². The number of nitrogens with zero attached hydrogens (tertiary/aromatic N) is 4. The Kier molecular flexibility index (Phi) is 5.40. The summed E-state index contributed by atoms with van der Waals surface area (Å²) >= 11 is 1.67. The van der Waals surface area contributed by atoms with Gasteiger partial charge in [-0.2, -0.15) is 0 Å². The molecule has 0 atom stereocenters. The normalized spacial score (nSPS) is 14.4. The maximum Gasteiger partial charge on any atom is 0.222 e.